The molecule has 0 unspecified atom stereocenters. The molecule has 0 aliphatic rings. The average molecular weight is 144 g/mol. The van der Waals surface area contributed by atoms with Gasteiger partial charge in [0.05, 0.1) is 0 Å². The summed E-state index contributed by atoms with van der Waals surface area (Å²) in [4.78, 5) is 10.9. The first-order valence-electron chi connectivity index (χ1n) is 3.71. The number of carbonyl (C=O) groups excluding carboxylic acids is 1. The Hall–Kier alpha value is -0.570. The van der Waals surface area contributed by atoms with E-state index < -0.39 is 0 Å². The summed E-state index contributed by atoms with van der Waals surface area (Å²) in [5.41, 5.74) is 2.72. The molecule has 0 saturated carbocycles. The minimum atomic E-state index is 0.104. The Morgan fingerprint density at radius 2 is 2.10 bits per heavy atom. The zero-order chi connectivity index (χ0) is 7.98. The predicted molar refractivity (Wildman–Crippen MR) is 41.4 cm³/mol. The third kappa shape index (κ3) is 4.32. The highest BCUT2D eigenvalue weighted by atomic mass is 16.2. The van der Waals surface area contributed by atoms with Crippen molar-refractivity contribution in [1.29, 1.82) is 0 Å². The van der Waals surface area contributed by atoms with Gasteiger partial charge in [-0.15, -0.1) is 0 Å². The number of hydrogen-bond acceptors (Lipinski definition) is 2. The fourth-order valence-electron chi connectivity index (χ4n) is 0.575. The average Bonchev–Trinajstić information content (AvgIpc) is 1.88. The van der Waals surface area contributed by atoms with Crippen molar-refractivity contribution in [2.45, 2.75) is 26.7 Å². The Balaban J connectivity index is 3.37. The molecule has 0 radical (unpaired) electrons. The molecule has 0 aromatic rings. The van der Waals surface area contributed by atoms with Crippen LogP contribution < -0.4 is 5.43 Å². The van der Waals surface area contributed by atoms with Gasteiger partial charge in [0, 0.05) is 20.0 Å². The van der Waals surface area contributed by atoms with Crippen LogP contribution in [0.5, 0.6) is 0 Å². The Labute approximate surface area is 62.4 Å². The van der Waals surface area contributed by atoms with E-state index in [2.05, 4.69) is 5.43 Å². The Bertz CT molecular complexity index is 104. The monoisotopic (exact) mass is 144 g/mol. The molecular formula is C7H16N2O. The van der Waals surface area contributed by atoms with E-state index in [0.717, 1.165) is 13.0 Å². The largest absolute Gasteiger partial charge is 0.289 e. The Morgan fingerprint density at radius 1 is 1.50 bits per heavy atom. The molecular weight excluding hydrogens is 128 g/mol. The van der Waals surface area contributed by atoms with Gasteiger partial charge in [-0.1, -0.05) is 13.8 Å². The molecule has 0 saturated heterocycles. The lowest BCUT2D eigenvalue weighted by Crippen LogP contribution is -2.38. The lowest BCUT2D eigenvalue weighted by atomic mass is 10.3. The molecule has 0 aromatic heterocycles. The maximum absolute atomic E-state index is 10.9. The molecule has 0 heterocycles. The zero-order valence-electron chi connectivity index (χ0n) is 6.98. The first-order valence-corrected chi connectivity index (χ1v) is 3.71. The van der Waals surface area contributed by atoms with Gasteiger partial charge in [0.2, 0.25) is 5.91 Å². The van der Waals surface area contributed by atoms with Crippen LogP contribution in [0.15, 0.2) is 0 Å². The first-order chi connectivity index (χ1) is 4.70. The smallest absolute Gasteiger partial charge is 0.234 e. The number of rotatable bonds is 4. The van der Waals surface area contributed by atoms with Crippen LogP contribution in [0.4, 0.5) is 0 Å². The summed E-state index contributed by atoms with van der Waals surface area (Å²) in [5.74, 6) is 0.104. The maximum Gasteiger partial charge on any atom is 0.234 e. The third-order valence-corrected chi connectivity index (χ3v) is 1.27. The van der Waals surface area contributed by atoms with Crippen LogP contribution >= 0.6 is 0 Å². The summed E-state index contributed by atoms with van der Waals surface area (Å²) in [6.07, 6.45) is 1.52. The fourth-order valence-corrected chi connectivity index (χ4v) is 0.575. The van der Waals surface area contributed by atoms with Crippen molar-refractivity contribution in [1.82, 2.24) is 10.4 Å². The summed E-state index contributed by atoms with van der Waals surface area (Å²) < 4.78 is 0. The second-order valence-corrected chi connectivity index (χ2v) is 2.30. The normalized spacial score (nSPS) is 10.0. The van der Waals surface area contributed by atoms with Crippen molar-refractivity contribution in [3.63, 3.8) is 0 Å². The van der Waals surface area contributed by atoms with Crippen molar-refractivity contribution in [3.8, 4) is 0 Å². The molecule has 0 aliphatic heterocycles. The molecule has 0 bridgehead atoms. The predicted octanol–water partition coefficient (Wildman–Crippen LogP) is 0.769. The second kappa shape index (κ2) is 5.23. The molecule has 0 fully saturated rings. The van der Waals surface area contributed by atoms with Crippen molar-refractivity contribution in [2.75, 3.05) is 13.6 Å². The number of carbonyl (C=O) groups is 1. The van der Waals surface area contributed by atoms with Gasteiger partial charge in [-0.05, 0) is 6.42 Å². The van der Waals surface area contributed by atoms with Crippen LogP contribution in [0.1, 0.15) is 26.7 Å². The highest BCUT2D eigenvalue weighted by Gasteiger charge is 1.99. The number of nitrogens with one attached hydrogen (secondary N) is 1. The molecule has 0 aromatic carbocycles. The van der Waals surface area contributed by atoms with Gasteiger partial charge in [-0.3, -0.25) is 10.2 Å². The number of hydrazine groups is 1. The van der Waals surface area contributed by atoms with Gasteiger partial charge in [-0.25, -0.2) is 5.01 Å². The number of nitrogens with zero attached hydrogens (tertiary/aromatic N) is 1. The van der Waals surface area contributed by atoms with E-state index >= 15 is 0 Å². The van der Waals surface area contributed by atoms with Crippen LogP contribution in [-0.2, 0) is 4.79 Å². The van der Waals surface area contributed by atoms with Gasteiger partial charge in [-0.2, -0.15) is 0 Å². The Morgan fingerprint density at radius 3 is 2.50 bits per heavy atom. The van der Waals surface area contributed by atoms with E-state index in [-0.39, 0.29) is 5.91 Å². The highest BCUT2D eigenvalue weighted by Crippen LogP contribution is 1.85. The summed E-state index contributed by atoms with van der Waals surface area (Å²) >= 11 is 0. The van der Waals surface area contributed by atoms with Crippen molar-refractivity contribution in [3.05, 3.63) is 0 Å². The minimum absolute atomic E-state index is 0.104. The summed E-state index contributed by atoms with van der Waals surface area (Å²) in [5, 5.41) is 1.78. The van der Waals surface area contributed by atoms with Crippen LogP contribution in [-0.4, -0.2) is 24.5 Å². The van der Waals surface area contributed by atoms with Crippen LogP contribution in [0.3, 0.4) is 0 Å². The fraction of sp³-hybridized carbons (Fsp3) is 0.857. The second-order valence-electron chi connectivity index (χ2n) is 2.30. The highest BCUT2D eigenvalue weighted by molar-refractivity contribution is 5.75. The van der Waals surface area contributed by atoms with Crippen LogP contribution in [0.25, 0.3) is 0 Å². The molecule has 3 heteroatoms. The quantitative estimate of drug-likeness (QED) is 0.591. The van der Waals surface area contributed by atoms with Crippen molar-refractivity contribution < 1.29 is 4.79 Å². The van der Waals surface area contributed by atoms with E-state index in [1.807, 2.05) is 20.9 Å². The van der Waals surface area contributed by atoms with Crippen molar-refractivity contribution >= 4 is 5.91 Å². The lowest BCUT2D eigenvalue weighted by Gasteiger charge is -2.14. The van der Waals surface area contributed by atoms with E-state index in [9.17, 15) is 4.79 Å². The summed E-state index contributed by atoms with van der Waals surface area (Å²) in [7, 11) is 1.85. The first kappa shape index (κ1) is 9.43. The van der Waals surface area contributed by atoms with Gasteiger partial charge in [0.25, 0.3) is 0 Å². The molecule has 1 amide bonds. The molecule has 10 heavy (non-hydrogen) atoms. The van der Waals surface area contributed by atoms with Crippen LogP contribution in [0, 0.1) is 0 Å². The zero-order valence-corrected chi connectivity index (χ0v) is 6.98. The topological polar surface area (TPSA) is 32.3 Å². The van der Waals surface area contributed by atoms with Gasteiger partial charge >= 0.3 is 0 Å². The standard InChI is InChI=1S/C7H16N2O/c1-4-6-7(10)8-9(3)5-2/h4-6H2,1-3H3,(H,8,10). The van der Waals surface area contributed by atoms with E-state index in [4.69, 9.17) is 0 Å². The van der Waals surface area contributed by atoms with E-state index in [1.54, 1.807) is 5.01 Å². The number of hydrogen-bond donors (Lipinski definition) is 1. The third-order valence-electron chi connectivity index (χ3n) is 1.27. The summed E-state index contributed by atoms with van der Waals surface area (Å²) in [6, 6.07) is 0. The summed E-state index contributed by atoms with van der Waals surface area (Å²) in [6.45, 7) is 4.83. The number of amides is 1. The molecule has 0 spiro atoms. The molecule has 60 valence electrons. The molecule has 3 nitrogen and oxygen atoms in total. The van der Waals surface area contributed by atoms with E-state index in [0.29, 0.717) is 6.42 Å². The minimum Gasteiger partial charge on any atom is -0.289 e. The maximum atomic E-state index is 10.9. The lowest BCUT2D eigenvalue weighted by molar-refractivity contribution is -0.125. The van der Waals surface area contributed by atoms with E-state index in [1.165, 1.54) is 0 Å². The molecule has 0 aliphatic carbocycles. The molecule has 1 N–H and O–H groups in total. The van der Waals surface area contributed by atoms with Crippen molar-refractivity contribution in [2.24, 2.45) is 0 Å². The SMILES string of the molecule is CCCC(=O)NN(C)CC. The van der Waals surface area contributed by atoms with Gasteiger partial charge in [0.1, 0.15) is 0 Å². The van der Waals surface area contributed by atoms with Gasteiger partial charge in [0.15, 0.2) is 0 Å². The molecule has 0 rings (SSSR count). The Kier molecular flexibility index (Phi) is 4.94. The van der Waals surface area contributed by atoms with Crippen LogP contribution in [0.2, 0.25) is 0 Å². The molecule has 0 atom stereocenters. The van der Waals surface area contributed by atoms with Gasteiger partial charge < -0.3 is 0 Å².